The van der Waals surface area contributed by atoms with Crippen molar-refractivity contribution in [2.24, 2.45) is 0 Å². The highest BCUT2D eigenvalue weighted by Gasteiger charge is 2.18. The molecule has 0 aliphatic heterocycles. The molecular weight excluding hydrogens is 280 g/mol. The molecule has 0 spiro atoms. The number of carbonyl (C=O) groups excluding carboxylic acids is 1. The molecule has 0 atom stereocenters. The number of esters is 1. The van der Waals surface area contributed by atoms with Crippen LogP contribution in [0.15, 0.2) is 42.5 Å². The van der Waals surface area contributed by atoms with E-state index in [0.29, 0.717) is 29.4 Å². The summed E-state index contributed by atoms with van der Waals surface area (Å²) >= 11 is 0. The van der Waals surface area contributed by atoms with E-state index in [1.807, 2.05) is 32.0 Å². The summed E-state index contributed by atoms with van der Waals surface area (Å²) in [6.45, 7) is 4.40. The SMILES string of the molecule is CCOc1ccccc1OC(=O)c1cccc(CC)c1OC. The van der Waals surface area contributed by atoms with Gasteiger partial charge in [-0.2, -0.15) is 0 Å². The first-order valence-electron chi connectivity index (χ1n) is 7.31. The average molecular weight is 300 g/mol. The number of hydrogen-bond acceptors (Lipinski definition) is 4. The van der Waals surface area contributed by atoms with Crippen LogP contribution in [0.1, 0.15) is 29.8 Å². The predicted molar refractivity (Wildman–Crippen MR) is 84.9 cm³/mol. The van der Waals surface area contributed by atoms with Gasteiger partial charge in [0.1, 0.15) is 11.3 Å². The zero-order valence-corrected chi connectivity index (χ0v) is 13.1. The lowest BCUT2D eigenvalue weighted by Gasteiger charge is -2.13. The lowest BCUT2D eigenvalue weighted by atomic mass is 10.1. The smallest absolute Gasteiger partial charge is 0.347 e. The standard InChI is InChI=1S/C18H20O4/c1-4-13-9-8-10-14(17(13)20-3)18(19)22-16-12-7-6-11-15(16)21-5-2/h6-12H,4-5H2,1-3H3. The first-order chi connectivity index (χ1) is 10.7. The molecule has 2 rings (SSSR count). The Morgan fingerprint density at radius 2 is 1.73 bits per heavy atom. The molecule has 0 radical (unpaired) electrons. The van der Waals surface area contributed by atoms with Gasteiger partial charge in [0.25, 0.3) is 0 Å². The van der Waals surface area contributed by atoms with Crippen LogP contribution in [0, 0.1) is 0 Å². The number of rotatable bonds is 6. The molecule has 0 fully saturated rings. The molecule has 2 aromatic carbocycles. The number of methoxy groups -OCH3 is 1. The van der Waals surface area contributed by atoms with E-state index in [9.17, 15) is 4.79 Å². The van der Waals surface area contributed by atoms with Crippen LogP contribution in [0.5, 0.6) is 17.2 Å². The minimum Gasteiger partial charge on any atom is -0.496 e. The molecule has 0 aliphatic rings. The predicted octanol–water partition coefficient (Wildman–Crippen LogP) is 3.88. The summed E-state index contributed by atoms with van der Waals surface area (Å²) in [5, 5.41) is 0. The molecule has 0 unspecified atom stereocenters. The molecule has 0 bridgehead atoms. The van der Waals surface area contributed by atoms with E-state index < -0.39 is 5.97 Å². The van der Waals surface area contributed by atoms with E-state index in [1.54, 1.807) is 31.4 Å². The van der Waals surface area contributed by atoms with Crippen molar-refractivity contribution in [3.8, 4) is 17.2 Å². The maximum atomic E-state index is 12.5. The van der Waals surface area contributed by atoms with Crippen molar-refractivity contribution in [2.75, 3.05) is 13.7 Å². The Kier molecular flexibility index (Phi) is 5.42. The van der Waals surface area contributed by atoms with Crippen LogP contribution in [0.25, 0.3) is 0 Å². The van der Waals surface area contributed by atoms with Crippen molar-refractivity contribution < 1.29 is 19.0 Å². The lowest BCUT2D eigenvalue weighted by molar-refractivity contribution is 0.0724. The van der Waals surface area contributed by atoms with Gasteiger partial charge in [0.15, 0.2) is 11.5 Å². The molecule has 0 amide bonds. The number of aryl methyl sites for hydroxylation is 1. The summed E-state index contributed by atoms with van der Waals surface area (Å²) in [7, 11) is 1.55. The molecule has 116 valence electrons. The third-order valence-electron chi connectivity index (χ3n) is 3.25. The van der Waals surface area contributed by atoms with Crippen LogP contribution in [-0.2, 0) is 6.42 Å². The summed E-state index contributed by atoms with van der Waals surface area (Å²) in [5.74, 6) is 1.05. The normalized spacial score (nSPS) is 10.1. The third-order valence-corrected chi connectivity index (χ3v) is 3.25. The van der Waals surface area contributed by atoms with Gasteiger partial charge < -0.3 is 14.2 Å². The van der Waals surface area contributed by atoms with E-state index in [0.717, 1.165) is 12.0 Å². The van der Waals surface area contributed by atoms with Crippen LogP contribution in [0.4, 0.5) is 0 Å². The van der Waals surface area contributed by atoms with Crippen molar-refractivity contribution in [3.63, 3.8) is 0 Å². The van der Waals surface area contributed by atoms with Crippen molar-refractivity contribution in [1.29, 1.82) is 0 Å². The second kappa shape index (κ2) is 7.50. The van der Waals surface area contributed by atoms with Gasteiger partial charge in [-0.15, -0.1) is 0 Å². The fourth-order valence-corrected chi connectivity index (χ4v) is 2.23. The van der Waals surface area contributed by atoms with Crippen LogP contribution in [-0.4, -0.2) is 19.7 Å². The Morgan fingerprint density at radius 1 is 1.00 bits per heavy atom. The Labute approximate surface area is 130 Å². The Hall–Kier alpha value is -2.49. The molecule has 0 aliphatic carbocycles. The van der Waals surface area contributed by atoms with E-state index in [4.69, 9.17) is 14.2 Å². The second-order valence-electron chi connectivity index (χ2n) is 4.62. The fraction of sp³-hybridized carbons (Fsp3) is 0.278. The van der Waals surface area contributed by atoms with Crippen LogP contribution >= 0.6 is 0 Å². The topological polar surface area (TPSA) is 44.8 Å². The molecule has 4 nitrogen and oxygen atoms in total. The van der Waals surface area contributed by atoms with Gasteiger partial charge in [-0.1, -0.05) is 31.2 Å². The Balaban J connectivity index is 2.30. The number of benzene rings is 2. The number of ether oxygens (including phenoxy) is 3. The van der Waals surface area contributed by atoms with Crippen molar-refractivity contribution in [2.45, 2.75) is 20.3 Å². The van der Waals surface area contributed by atoms with Gasteiger partial charge in [-0.3, -0.25) is 0 Å². The summed E-state index contributed by atoms with van der Waals surface area (Å²) in [5.41, 5.74) is 1.38. The Morgan fingerprint density at radius 3 is 2.36 bits per heavy atom. The number of para-hydroxylation sites is 3. The quantitative estimate of drug-likeness (QED) is 0.600. The van der Waals surface area contributed by atoms with Gasteiger partial charge in [0.2, 0.25) is 0 Å². The highest BCUT2D eigenvalue weighted by atomic mass is 16.6. The molecule has 0 heterocycles. The summed E-state index contributed by atoms with van der Waals surface area (Å²) in [6, 6.07) is 12.6. The van der Waals surface area contributed by atoms with E-state index in [2.05, 4.69) is 0 Å². The first-order valence-corrected chi connectivity index (χ1v) is 7.31. The molecule has 0 N–H and O–H groups in total. The average Bonchev–Trinajstić information content (AvgIpc) is 2.55. The molecule has 4 heteroatoms. The maximum Gasteiger partial charge on any atom is 0.347 e. The van der Waals surface area contributed by atoms with Gasteiger partial charge >= 0.3 is 5.97 Å². The number of carbonyl (C=O) groups is 1. The lowest BCUT2D eigenvalue weighted by Crippen LogP contribution is -2.12. The highest BCUT2D eigenvalue weighted by molar-refractivity contribution is 5.94. The first kappa shape index (κ1) is 15.9. The van der Waals surface area contributed by atoms with Crippen molar-refractivity contribution in [3.05, 3.63) is 53.6 Å². The number of hydrogen-bond donors (Lipinski definition) is 0. The Bertz CT molecular complexity index is 649. The fourth-order valence-electron chi connectivity index (χ4n) is 2.23. The second-order valence-corrected chi connectivity index (χ2v) is 4.62. The summed E-state index contributed by atoms with van der Waals surface area (Å²) in [4.78, 5) is 12.5. The third kappa shape index (κ3) is 3.39. The zero-order chi connectivity index (χ0) is 15.9. The molecular formula is C18H20O4. The van der Waals surface area contributed by atoms with Gasteiger partial charge in [0, 0.05) is 0 Å². The van der Waals surface area contributed by atoms with Crippen molar-refractivity contribution in [1.82, 2.24) is 0 Å². The molecule has 0 aromatic heterocycles. The minimum atomic E-state index is -0.459. The molecule has 22 heavy (non-hydrogen) atoms. The van der Waals surface area contributed by atoms with Crippen LogP contribution < -0.4 is 14.2 Å². The van der Waals surface area contributed by atoms with E-state index in [-0.39, 0.29) is 0 Å². The van der Waals surface area contributed by atoms with E-state index >= 15 is 0 Å². The van der Waals surface area contributed by atoms with Crippen molar-refractivity contribution >= 4 is 5.97 Å². The van der Waals surface area contributed by atoms with Crippen LogP contribution in [0.3, 0.4) is 0 Å². The maximum absolute atomic E-state index is 12.5. The van der Waals surface area contributed by atoms with Gasteiger partial charge in [-0.25, -0.2) is 4.79 Å². The largest absolute Gasteiger partial charge is 0.496 e. The summed E-state index contributed by atoms with van der Waals surface area (Å²) < 4.78 is 16.3. The zero-order valence-electron chi connectivity index (χ0n) is 13.1. The minimum absolute atomic E-state index is 0.401. The van der Waals surface area contributed by atoms with Gasteiger partial charge in [0.05, 0.1) is 13.7 Å². The monoisotopic (exact) mass is 300 g/mol. The highest BCUT2D eigenvalue weighted by Crippen LogP contribution is 2.30. The van der Waals surface area contributed by atoms with Gasteiger partial charge in [-0.05, 0) is 37.1 Å². The molecule has 0 saturated carbocycles. The molecule has 2 aromatic rings. The van der Waals surface area contributed by atoms with E-state index in [1.165, 1.54) is 0 Å². The molecule has 0 saturated heterocycles. The van der Waals surface area contributed by atoms with Crippen LogP contribution in [0.2, 0.25) is 0 Å². The summed E-state index contributed by atoms with van der Waals surface area (Å²) in [6.07, 6.45) is 0.778.